The number of aromatic nitrogens is 3. The number of sulfonamides is 1. The Morgan fingerprint density at radius 2 is 1.79 bits per heavy atom. The Bertz CT molecular complexity index is 967. The zero-order valence-electron chi connectivity index (χ0n) is 13.2. The van der Waals surface area contributed by atoms with Gasteiger partial charge in [-0.25, -0.2) is 8.42 Å². The summed E-state index contributed by atoms with van der Waals surface area (Å²) in [5, 5.41) is 7.87. The minimum Gasteiger partial charge on any atom is -0.495 e. The highest BCUT2D eigenvalue weighted by Gasteiger charge is 2.21. The Hall–Kier alpha value is -2.87. The van der Waals surface area contributed by atoms with E-state index in [0.29, 0.717) is 17.1 Å². The summed E-state index contributed by atoms with van der Waals surface area (Å²) >= 11 is 0. The Kier molecular flexibility index (Phi) is 4.22. The second kappa shape index (κ2) is 6.32. The maximum absolute atomic E-state index is 12.8. The highest BCUT2D eigenvalue weighted by atomic mass is 32.2. The highest BCUT2D eigenvalue weighted by molar-refractivity contribution is 7.92. The van der Waals surface area contributed by atoms with Crippen molar-refractivity contribution in [3.05, 3.63) is 54.9 Å². The van der Waals surface area contributed by atoms with Gasteiger partial charge in [-0.1, -0.05) is 24.3 Å². The number of nitrogens with one attached hydrogen (secondary N) is 1. The van der Waals surface area contributed by atoms with Crippen molar-refractivity contribution in [2.24, 2.45) is 7.05 Å². The van der Waals surface area contributed by atoms with Crippen LogP contribution in [0.15, 0.2) is 59.8 Å². The van der Waals surface area contributed by atoms with E-state index in [2.05, 4.69) is 14.9 Å². The molecule has 0 amide bonds. The molecule has 0 radical (unpaired) electrons. The number of benzene rings is 2. The van der Waals surface area contributed by atoms with Crippen molar-refractivity contribution in [1.29, 1.82) is 0 Å². The van der Waals surface area contributed by atoms with Gasteiger partial charge in [-0.2, -0.15) is 0 Å². The average Bonchev–Trinajstić information content (AvgIpc) is 3.01. The quantitative estimate of drug-likeness (QED) is 0.767. The van der Waals surface area contributed by atoms with Gasteiger partial charge in [0.2, 0.25) is 0 Å². The summed E-state index contributed by atoms with van der Waals surface area (Å²) in [6.45, 7) is 0. The Morgan fingerprint density at radius 1 is 1.08 bits per heavy atom. The van der Waals surface area contributed by atoms with Crippen LogP contribution in [0, 0.1) is 0 Å². The molecule has 1 aromatic heterocycles. The number of para-hydroxylation sites is 2. The molecule has 8 heteroatoms. The van der Waals surface area contributed by atoms with E-state index in [4.69, 9.17) is 4.74 Å². The molecule has 0 spiro atoms. The standard InChI is InChI=1S/C16H16N4O3S/c1-20-11-17-18-16(20)12-7-3-4-8-13(12)19-24(21,22)15-10-6-5-9-14(15)23-2/h3-11,19H,1-2H3. The summed E-state index contributed by atoms with van der Waals surface area (Å²) in [4.78, 5) is 0.0697. The fraction of sp³-hybridized carbons (Fsp3) is 0.125. The van der Waals surface area contributed by atoms with Crippen LogP contribution in [0.2, 0.25) is 0 Å². The van der Waals surface area contributed by atoms with E-state index in [1.54, 1.807) is 54.3 Å². The van der Waals surface area contributed by atoms with Crippen LogP contribution in [0.25, 0.3) is 11.4 Å². The first kappa shape index (κ1) is 16.0. The van der Waals surface area contributed by atoms with Crippen LogP contribution in [0.4, 0.5) is 5.69 Å². The molecule has 0 aliphatic heterocycles. The first-order chi connectivity index (χ1) is 11.5. The lowest BCUT2D eigenvalue weighted by Crippen LogP contribution is -2.15. The molecular weight excluding hydrogens is 328 g/mol. The van der Waals surface area contributed by atoms with E-state index in [1.165, 1.54) is 13.2 Å². The van der Waals surface area contributed by atoms with Gasteiger partial charge in [-0.3, -0.25) is 4.72 Å². The Balaban J connectivity index is 2.05. The third-order valence-corrected chi connectivity index (χ3v) is 4.89. The van der Waals surface area contributed by atoms with Crippen LogP contribution in [0.5, 0.6) is 5.75 Å². The summed E-state index contributed by atoms with van der Waals surface area (Å²) in [5.74, 6) is 0.842. The van der Waals surface area contributed by atoms with Crippen molar-refractivity contribution in [1.82, 2.24) is 14.8 Å². The fourth-order valence-corrected chi connectivity index (χ4v) is 3.59. The summed E-state index contributed by atoms with van der Waals surface area (Å²) in [6.07, 6.45) is 1.56. The number of hydrogen-bond donors (Lipinski definition) is 1. The number of methoxy groups -OCH3 is 1. The summed E-state index contributed by atoms with van der Waals surface area (Å²) < 4.78 is 35.0. The molecular formula is C16H16N4O3S. The minimum atomic E-state index is -3.81. The molecule has 0 bridgehead atoms. The van der Waals surface area contributed by atoms with Gasteiger partial charge < -0.3 is 9.30 Å². The van der Waals surface area contributed by atoms with Crippen molar-refractivity contribution >= 4 is 15.7 Å². The molecule has 0 aliphatic rings. The van der Waals surface area contributed by atoms with Crippen LogP contribution in [0.1, 0.15) is 0 Å². The van der Waals surface area contributed by atoms with E-state index in [9.17, 15) is 8.42 Å². The lowest BCUT2D eigenvalue weighted by molar-refractivity contribution is 0.403. The molecule has 24 heavy (non-hydrogen) atoms. The number of rotatable bonds is 5. The van der Waals surface area contributed by atoms with E-state index >= 15 is 0 Å². The highest BCUT2D eigenvalue weighted by Crippen LogP contribution is 2.30. The van der Waals surface area contributed by atoms with E-state index in [1.807, 2.05) is 6.07 Å². The normalized spacial score (nSPS) is 11.2. The lowest BCUT2D eigenvalue weighted by atomic mass is 10.2. The van der Waals surface area contributed by atoms with Crippen LogP contribution in [0.3, 0.4) is 0 Å². The van der Waals surface area contributed by atoms with Gasteiger partial charge in [-0.05, 0) is 24.3 Å². The van der Waals surface area contributed by atoms with Crippen LogP contribution >= 0.6 is 0 Å². The van der Waals surface area contributed by atoms with E-state index in [0.717, 1.165) is 0 Å². The molecule has 0 atom stereocenters. The van der Waals surface area contributed by atoms with E-state index < -0.39 is 10.0 Å². The molecule has 1 heterocycles. The third-order valence-electron chi connectivity index (χ3n) is 3.48. The maximum Gasteiger partial charge on any atom is 0.265 e. The Labute approximate surface area is 140 Å². The average molecular weight is 344 g/mol. The number of nitrogens with zero attached hydrogens (tertiary/aromatic N) is 3. The van der Waals surface area contributed by atoms with Crippen molar-refractivity contribution in [2.75, 3.05) is 11.8 Å². The predicted octanol–water partition coefficient (Wildman–Crippen LogP) is 2.29. The number of aryl methyl sites for hydroxylation is 1. The number of anilines is 1. The zero-order valence-corrected chi connectivity index (χ0v) is 14.0. The van der Waals surface area contributed by atoms with Crippen molar-refractivity contribution in [3.63, 3.8) is 0 Å². The zero-order chi connectivity index (χ0) is 17.2. The van der Waals surface area contributed by atoms with Crippen molar-refractivity contribution in [3.8, 4) is 17.1 Å². The van der Waals surface area contributed by atoms with Crippen LogP contribution < -0.4 is 9.46 Å². The largest absolute Gasteiger partial charge is 0.495 e. The molecule has 0 aliphatic carbocycles. The summed E-state index contributed by atoms with van der Waals surface area (Å²) in [5.41, 5.74) is 1.05. The molecule has 0 saturated carbocycles. The van der Waals surface area contributed by atoms with Gasteiger partial charge in [-0.15, -0.1) is 10.2 Å². The first-order valence-corrected chi connectivity index (χ1v) is 8.60. The van der Waals surface area contributed by atoms with Gasteiger partial charge in [0, 0.05) is 12.6 Å². The maximum atomic E-state index is 12.8. The number of ether oxygens (including phenoxy) is 1. The molecule has 0 fully saturated rings. The van der Waals surface area contributed by atoms with Gasteiger partial charge in [0.05, 0.1) is 12.8 Å². The SMILES string of the molecule is COc1ccccc1S(=O)(=O)Nc1ccccc1-c1nncn1C. The topological polar surface area (TPSA) is 86.1 Å². The lowest BCUT2D eigenvalue weighted by Gasteiger charge is -2.14. The fourth-order valence-electron chi connectivity index (χ4n) is 2.33. The van der Waals surface area contributed by atoms with E-state index in [-0.39, 0.29) is 10.6 Å². The van der Waals surface area contributed by atoms with Crippen molar-refractivity contribution in [2.45, 2.75) is 4.90 Å². The molecule has 3 rings (SSSR count). The van der Waals surface area contributed by atoms with Gasteiger partial charge in [0.25, 0.3) is 10.0 Å². The molecule has 2 aromatic carbocycles. The monoisotopic (exact) mass is 344 g/mol. The second-order valence-electron chi connectivity index (χ2n) is 5.07. The van der Waals surface area contributed by atoms with Gasteiger partial charge >= 0.3 is 0 Å². The molecule has 0 saturated heterocycles. The molecule has 0 unspecified atom stereocenters. The van der Waals surface area contributed by atoms with Crippen LogP contribution in [-0.2, 0) is 17.1 Å². The second-order valence-corrected chi connectivity index (χ2v) is 6.72. The third kappa shape index (κ3) is 2.95. The predicted molar refractivity (Wildman–Crippen MR) is 90.2 cm³/mol. The Morgan fingerprint density at radius 3 is 2.50 bits per heavy atom. The minimum absolute atomic E-state index is 0.0697. The smallest absolute Gasteiger partial charge is 0.265 e. The number of hydrogen-bond acceptors (Lipinski definition) is 5. The summed E-state index contributed by atoms with van der Waals surface area (Å²) in [7, 11) is -0.590. The summed E-state index contributed by atoms with van der Waals surface area (Å²) in [6, 6.07) is 13.5. The molecule has 124 valence electrons. The van der Waals surface area contributed by atoms with Gasteiger partial charge in [0.1, 0.15) is 17.0 Å². The molecule has 3 aromatic rings. The molecule has 7 nitrogen and oxygen atoms in total. The van der Waals surface area contributed by atoms with Crippen LogP contribution in [-0.4, -0.2) is 30.3 Å². The first-order valence-electron chi connectivity index (χ1n) is 7.12. The molecule has 1 N–H and O–H groups in total. The van der Waals surface area contributed by atoms with Gasteiger partial charge in [0.15, 0.2) is 5.82 Å². The van der Waals surface area contributed by atoms with Crippen molar-refractivity contribution < 1.29 is 13.2 Å².